The van der Waals surface area contributed by atoms with Gasteiger partial charge >= 0.3 is 0 Å². The van der Waals surface area contributed by atoms with Gasteiger partial charge in [0.1, 0.15) is 10.3 Å². The molecular weight excluding hydrogens is 274 g/mol. The van der Waals surface area contributed by atoms with Crippen molar-refractivity contribution >= 4 is 38.6 Å². The van der Waals surface area contributed by atoms with Crippen molar-refractivity contribution in [1.82, 2.24) is 0 Å². The molecule has 2 rings (SSSR count). The van der Waals surface area contributed by atoms with Gasteiger partial charge < -0.3 is 0 Å². The topological polar surface area (TPSA) is 57.9 Å². The summed E-state index contributed by atoms with van der Waals surface area (Å²) in [7, 11) is -3.66. The number of sulfone groups is 1. The molecule has 0 unspecified atom stereocenters. The molecule has 0 aromatic carbocycles. The first-order valence-corrected chi connectivity index (χ1v) is 7.83. The summed E-state index contributed by atoms with van der Waals surface area (Å²) in [5, 5.41) is 12.5. The van der Waals surface area contributed by atoms with Gasteiger partial charge in [0.05, 0.1) is 0 Å². The maximum absolute atomic E-state index is 12.1. The largest absolute Gasteiger partial charge is 0.226 e. The van der Waals surface area contributed by atoms with Crippen molar-refractivity contribution in [2.75, 3.05) is 0 Å². The number of nitriles is 1. The molecule has 0 N–H and O–H groups in total. The zero-order valence-corrected chi connectivity index (χ0v) is 11.0. The van der Waals surface area contributed by atoms with Crippen molar-refractivity contribution < 1.29 is 8.42 Å². The fourth-order valence-corrected chi connectivity index (χ4v) is 4.20. The Hall–Kier alpha value is -1.42. The van der Waals surface area contributed by atoms with Crippen LogP contribution in [0.25, 0.3) is 6.08 Å². The summed E-state index contributed by atoms with van der Waals surface area (Å²) in [6.07, 6.45) is 1.40. The van der Waals surface area contributed by atoms with Crippen molar-refractivity contribution in [3.8, 4) is 6.07 Å². The summed E-state index contributed by atoms with van der Waals surface area (Å²) in [6, 6.07) is 8.48. The van der Waals surface area contributed by atoms with Crippen LogP contribution in [0.5, 0.6) is 0 Å². The quantitative estimate of drug-likeness (QED) is 0.812. The first-order valence-electron chi connectivity index (χ1n) is 4.58. The predicted molar refractivity (Wildman–Crippen MR) is 69.4 cm³/mol. The third kappa shape index (κ3) is 2.47. The molecule has 6 heteroatoms. The van der Waals surface area contributed by atoms with E-state index >= 15 is 0 Å². The van der Waals surface area contributed by atoms with Crippen LogP contribution in [0.1, 0.15) is 4.88 Å². The number of thiophene rings is 2. The zero-order chi connectivity index (χ0) is 12.3. The minimum Gasteiger partial charge on any atom is -0.217 e. The van der Waals surface area contributed by atoms with E-state index in [2.05, 4.69) is 0 Å². The highest BCUT2D eigenvalue weighted by Gasteiger charge is 2.21. The number of hydrogen-bond donors (Lipinski definition) is 0. The Balaban J connectivity index is 2.49. The Bertz CT molecular complexity index is 659. The van der Waals surface area contributed by atoms with Gasteiger partial charge in [0.2, 0.25) is 9.84 Å². The molecule has 3 nitrogen and oxygen atoms in total. The SMILES string of the molecule is N#C/C(=C/c1cccs1)S(=O)(=O)c1cccs1. The summed E-state index contributed by atoms with van der Waals surface area (Å²) in [5.41, 5.74) is 0. The average Bonchev–Trinajstić information content (AvgIpc) is 2.98. The number of rotatable bonds is 3. The molecule has 0 aliphatic heterocycles. The van der Waals surface area contributed by atoms with Gasteiger partial charge in [-0.3, -0.25) is 0 Å². The van der Waals surface area contributed by atoms with Crippen molar-refractivity contribution in [2.45, 2.75) is 4.21 Å². The molecule has 0 atom stereocenters. The van der Waals surface area contributed by atoms with Gasteiger partial charge in [0.15, 0.2) is 4.91 Å². The first-order chi connectivity index (χ1) is 8.14. The van der Waals surface area contributed by atoms with E-state index in [0.29, 0.717) is 0 Å². The van der Waals surface area contributed by atoms with E-state index < -0.39 is 9.84 Å². The summed E-state index contributed by atoms with van der Waals surface area (Å²) >= 11 is 2.50. The molecule has 2 heterocycles. The van der Waals surface area contributed by atoms with Crippen LogP contribution in [-0.4, -0.2) is 8.42 Å². The highest BCUT2D eigenvalue weighted by Crippen LogP contribution is 2.25. The van der Waals surface area contributed by atoms with E-state index in [4.69, 9.17) is 5.26 Å². The number of nitrogens with zero attached hydrogens (tertiary/aromatic N) is 1. The normalized spacial score (nSPS) is 12.3. The molecule has 86 valence electrons. The van der Waals surface area contributed by atoms with Gasteiger partial charge in [0, 0.05) is 4.88 Å². The van der Waals surface area contributed by atoms with Crippen LogP contribution in [0, 0.1) is 11.3 Å². The Morgan fingerprint density at radius 3 is 2.47 bits per heavy atom. The second-order valence-electron chi connectivity index (χ2n) is 3.07. The van der Waals surface area contributed by atoms with Gasteiger partial charge in [-0.05, 0) is 29.0 Å². The monoisotopic (exact) mass is 281 g/mol. The minimum absolute atomic E-state index is 0.196. The molecule has 0 saturated carbocycles. The zero-order valence-electron chi connectivity index (χ0n) is 8.53. The molecule has 2 aromatic rings. The lowest BCUT2D eigenvalue weighted by molar-refractivity contribution is 0.605. The van der Waals surface area contributed by atoms with E-state index in [1.807, 2.05) is 11.4 Å². The molecule has 0 bridgehead atoms. The van der Waals surface area contributed by atoms with Gasteiger partial charge in [-0.15, -0.1) is 22.7 Å². The average molecular weight is 281 g/mol. The molecule has 0 aliphatic rings. The first kappa shape index (κ1) is 12.0. The lowest BCUT2D eigenvalue weighted by Crippen LogP contribution is -2.00. The summed E-state index contributed by atoms with van der Waals surface area (Å²) in [4.78, 5) is 0.532. The standard InChI is InChI=1S/C11H7NO2S3/c12-8-10(7-9-3-1-5-15-9)17(13,14)11-4-2-6-16-11/h1-7H/b10-7-. The molecule has 0 amide bonds. The molecular formula is C11H7NO2S3. The number of allylic oxidation sites excluding steroid dienone is 1. The second-order valence-corrected chi connectivity index (χ2v) is 7.14. The third-order valence-electron chi connectivity index (χ3n) is 1.98. The lowest BCUT2D eigenvalue weighted by Gasteiger charge is -1.98. The molecule has 0 radical (unpaired) electrons. The molecule has 0 spiro atoms. The maximum Gasteiger partial charge on any atom is 0.226 e. The highest BCUT2D eigenvalue weighted by atomic mass is 32.2. The molecule has 2 aromatic heterocycles. The van der Waals surface area contributed by atoms with E-state index in [0.717, 1.165) is 16.2 Å². The summed E-state index contributed by atoms with van der Waals surface area (Å²) < 4.78 is 24.3. The van der Waals surface area contributed by atoms with Crippen LogP contribution in [-0.2, 0) is 9.84 Å². The Morgan fingerprint density at radius 2 is 1.94 bits per heavy atom. The van der Waals surface area contributed by atoms with Gasteiger partial charge in [-0.2, -0.15) is 5.26 Å². The van der Waals surface area contributed by atoms with Crippen molar-refractivity contribution in [3.05, 3.63) is 44.8 Å². The van der Waals surface area contributed by atoms with Crippen LogP contribution in [0.15, 0.2) is 44.1 Å². The lowest BCUT2D eigenvalue weighted by atomic mass is 10.4. The fraction of sp³-hybridized carbons (Fsp3) is 0. The van der Waals surface area contributed by atoms with Crippen molar-refractivity contribution in [2.24, 2.45) is 0 Å². The Labute approximate surface area is 107 Å². The van der Waals surface area contributed by atoms with E-state index in [-0.39, 0.29) is 9.11 Å². The summed E-state index contributed by atoms with van der Waals surface area (Å²) in [6.45, 7) is 0. The van der Waals surface area contributed by atoms with Crippen LogP contribution in [0.3, 0.4) is 0 Å². The number of hydrogen-bond acceptors (Lipinski definition) is 5. The van der Waals surface area contributed by atoms with E-state index in [1.165, 1.54) is 23.5 Å². The molecule has 17 heavy (non-hydrogen) atoms. The predicted octanol–water partition coefficient (Wildman–Crippen LogP) is 3.15. The second kappa shape index (κ2) is 4.84. The van der Waals surface area contributed by atoms with Crippen LogP contribution in [0.2, 0.25) is 0 Å². The van der Waals surface area contributed by atoms with E-state index in [9.17, 15) is 8.42 Å². The van der Waals surface area contributed by atoms with Gasteiger partial charge in [-0.25, -0.2) is 8.42 Å². The van der Waals surface area contributed by atoms with Crippen LogP contribution >= 0.6 is 22.7 Å². The van der Waals surface area contributed by atoms with Crippen LogP contribution in [0.4, 0.5) is 0 Å². The van der Waals surface area contributed by atoms with Gasteiger partial charge in [0.25, 0.3) is 0 Å². The molecule has 0 aliphatic carbocycles. The van der Waals surface area contributed by atoms with Crippen molar-refractivity contribution in [3.63, 3.8) is 0 Å². The maximum atomic E-state index is 12.1. The Kier molecular flexibility index (Phi) is 3.43. The Morgan fingerprint density at radius 1 is 1.24 bits per heavy atom. The smallest absolute Gasteiger partial charge is 0.217 e. The third-order valence-corrected chi connectivity index (χ3v) is 5.86. The summed E-state index contributed by atoms with van der Waals surface area (Å²) in [5.74, 6) is 0. The fourth-order valence-electron chi connectivity index (χ4n) is 1.20. The van der Waals surface area contributed by atoms with Gasteiger partial charge in [-0.1, -0.05) is 12.1 Å². The minimum atomic E-state index is -3.66. The highest BCUT2D eigenvalue weighted by molar-refractivity contribution is 7.97. The van der Waals surface area contributed by atoms with E-state index in [1.54, 1.807) is 23.6 Å². The molecule has 0 saturated heterocycles. The van der Waals surface area contributed by atoms with Crippen molar-refractivity contribution in [1.29, 1.82) is 5.26 Å². The van der Waals surface area contributed by atoms with Crippen LogP contribution < -0.4 is 0 Å². The molecule has 0 fully saturated rings.